The molecule has 1 aliphatic rings. The lowest BCUT2D eigenvalue weighted by Gasteiger charge is -2.26. The predicted octanol–water partition coefficient (Wildman–Crippen LogP) is 5.43. The molecule has 0 spiro atoms. The fourth-order valence-electron chi connectivity index (χ4n) is 4.85. The van der Waals surface area contributed by atoms with Crippen molar-refractivity contribution in [2.24, 2.45) is 0 Å². The summed E-state index contributed by atoms with van der Waals surface area (Å²) < 4.78 is 38.9. The molecule has 1 atom stereocenters. The number of hydrogen-bond donors (Lipinski definition) is 2. The first kappa shape index (κ1) is 31.4. The highest BCUT2D eigenvalue weighted by Gasteiger charge is 2.29. The van der Waals surface area contributed by atoms with Crippen LogP contribution in [0.15, 0.2) is 67.0 Å². The summed E-state index contributed by atoms with van der Waals surface area (Å²) in [5.74, 6) is 0.833. The van der Waals surface area contributed by atoms with E-state index in [0.29, 0.717) is 47.2 Å². The van der Waals surface area contributed by atoms with E-state index in [2.05, 4.69) is 10.3 Å². The fraction of sp³-hybridized carbons (Fsp3) is 0.286. The number of rotatable bonds is 12. The Bertz CT molecular complexity index is 1750. The Kier molecular flexibility index (Phi) is 9.62. The smallest absolute Gasteiger partial charge is 0.165 e. The highest BCUT2D eigenvalue weighted by Crippen LogP contribution is 2.36. The molecule has 0 unspecified atom stereocenters. The number of ketones is 1. The summed E-state index contributed by atoms with van der Waals surface area (Å²) in [5.41, 5.74) is 4.04. The number of hydrogen-bond acceptors (Lipinski definition) is 9. The molecule has 2 N–H and O–H groups in total. The van der Waals surface area contributed by atoms with Gasteiger partial charge < -0.3 is 24.1 Å². The SMILES string of the molecule is CC(=O)[C@@](C)(CO)NCc1cc(F)c(OCc2cccc(-c3ccc4c(c3)OCCO4)c2C)cc1OCc1cncc(C#N)c1. The second kappa shape index (κ2) is 13.8. The third-order valence-electron chi connectivity index (χ3n) is 7.88. The zero-order chi connectivity index (χ0) is 32.0. The molecule has 4 aromatic rings. The summed E-state index contributed by atoms with van der Waals surface area (Å²) in [4.78, 5) is 16.2. The summed E-state index contributed by atoms with van der Waals surface area (Å²) in [6, 6.07) is 18.1. The van der Waals surface area contributed by atoms with Crippen molar-refractivity contribution in [3.8, 4) is 40.2 Å². The van der Waals surface area contributed by atoms with Crippen molar-refractivity contribution in [3.05, 3.63) is 101 Å². The standard InChI is InChI=1S/C35H34FN3O6/c1-22-27(5-4-6-29(22)26-7-8-31-34(13-26)43-10-9-42-31)20-45-33-14-32(44-19-25-11-24(15-37)16-38-17-25)28(12-30(33)36)18-39-35(3,21-40)23(2)41/h4-8,11-14,16-17,39-40H,9-10,18-21H2,1-3H3/t35-/m1/s1. The molecule has 232 valence electrons. The van der Waals surface area contributed by atoms with Crippen LogP contribution in [0.4, 0.5) is 4.39 Å². The van der Waals surface area contributed by atoms with Crippen molar-refractivity contribution in [2.75, 3.05) is 19.8 Å². The number of aliphatic hydroxyl groups is 1. The minimum atomic E-state index is -1.21. The number of Topliss-reactive ketones (excluding diaryl/α,β-unsaturated/α-hetero) is 1. The highest BCUT2D eigenvalue weighted by molar-refractivity contribution is 5.85. The van der Waals surface area contributed by atoms with Gasteiger partial charge in [0.1, 0.15) is 38.2 Å². The highest BCUT2D eigenvalue weighted by atomic mass is 19.1. The van der Waals surface area contributed by atoms with Gasteiger partial charge in [-0.05, 0) is 67.3 Å². The van der Waals surface area contributed by atoms with E-state index < -0.39 is 18.0 Å². The van der Waals surface area contributed by atoms with Crippen LogP contribution in [0.3, 0.4) is 0 Å². The lowest BCUT2D eigenvalue weighted by atomic mass is 9.96. The maximum Gasteiger partial charge on any atom is 0.165 e. The van der Waals surface area contributed by atoms with Gasteiger partial charge in [-0.25, -0.2) is 4.39 Å². The second-order valence-electron chi connectivity index (χ2n) is 11.0. The number of nitrogens with zero attached hydrogens (tertiary/aromatic N) is 2. The second-order valence-corrected chi connectivity index (χ2v) is 11.0. The summed E-state index contributed by atoms with van der Waals surface area (Å²) in [7, 11) is 0. The summed E-state index contributed by atoms with van der Waals surface area (Å²) in [5, 5.41) is 22.0. The van der Waals surface area contributed by atoms with Crippen LogP contribution in [0.5, 0.6) is 23.0 Å². The molecule has 0 saturated carbocycles. The molecule has 0 radical (unpaired) electrons. The van der Waals surface area contributed by atoms with Gasteiger partial charge in [-0.3, -0.25) is 15.1 Å². The predicted molar refractivity (Wildman–Crippen MR) is 165 cm³/mol. The third-order valence-corrected chi connectivity index (χ3v) is 7.88. The van der Waals surface area contributed by atoms with Gasteiger partial charge in [0.2, 0.25) is 0 Å². The molecule has 45 heavy (non-hydrogen) atoms. The van der Waals surface area contributed by atoms with Gasteiger partial charge in [0.05, 0.1) is 17.7 Å². The molecule has 2 heterocycles. The Labute approximate surface area is 261 Å². The first-order valence-corrected chi connectivity index (χ1v) is 14.5. The Hall–Kier alpha value is -4.98. The molecular weight excluding hydrogens is 577 g/mol. The molecular formula is C35H34FN3O6. The zero-order valence-electron chi connectivity index (χ0n) is 25.4. The summed E-state index contributed by atoms with van der Waals surface area (Å²) >= 11 is 0. The first-order chi connectivity index (χ1) is 21.7. The van der Waals surface area contributed by atoms with Gasteiger partial charge in [-0.2, -0.15) is 5.26 Å². The molecule has 5 rings (SSSR count). The van der Waals surface area contributed by atoms with Crippen molar-refractivity contribution < 1.29 is 33.2 Å². The van der Waals surface area contributed by atoms with E-state index in [1.54, 1.807) is 19.2 Å². The van der Waals surface area contributed by atoms with Crippen molar-refractivity contribution >= 4 is 5.78 Å². The maximum absolute atomic E-state index is 15.5. The zero-order valence-corrected chi connectivity index (χ0v) is 25.4. The number of halogens is 1. The summed E-state index contributed by atoms with van der Waals surface area (Å²) in [6.07, 6.45) is 3.03. The van der Waals surface area contributed by atoms with Crippen LogP contribution >= 0.6 is 0 Å². The van der Waals surface area contributed by atoms with Crippen LogP contribution in [0.2, 0.25) is 0 Å². The molecule has 0 aliphatic carbocycles. The first-order valence-electron chi connectivity index (χ1n) is 14.5. The average Bonchev–Trinajstić information content (AvgIpc) is 3.06. The van der Waals surface area contributed by atoms with E-state index in [1.807, 2.05) is 49.4 Å². The van der Waals surface area contributed by atoms with Gasteiger partial charge >= 0.3 is 0 Å². The molecule has 1 aromatic heterocycles. The van der Waals surface area contributed by atoms with E-state index >= 15 is 4.39 Å². The number of aliphatic hydroxyl groups excluding tert-OH is 1. The molecule has 0 amide bonds. The van der Waals surface area contributed by atoms with Crippen LogP contribution in [0.1, 0.15) is 41.7 Å². The van der Waals surface area contributed by atoms with Crippen LogP contribution in [0.25, 0.3) is 11.1 Å². The Morgan fingerprint density at radius 3 is 2.58 bits per heavy atom. The minimum Gasteiger partial charge on any atom is -0.488 e. The van der Waals surface area contributed by atoms with Gasteiger partial charge in [0.15, 0.2) is 28.8 Å². The van der Waals surface area contributed by atoms with E-state index in [9.17, 15) is 15.2 Å². The van der Waals surface area contributed by atoms with Crippen molar-refractivity contribution in [1.82, 2.24) is 10.3 Å². The van der Waals surface area contributed by atoms with Crippen LogP contribution in [-0.4, -0.2) is 41.2 Å². The Morgan fingerprint density at radius 1 is 1.04 bits per heavy atom. The largest absolute Gasteiger partial charge is 0.488 e. The number of benzene rings is 3. The van der Waals surface area contributed by atoms with E-state index in [0.717, 1.165) is 22.3 Å². The number of nitrogens with one attached hydrogen (secondary N) is 1. The van der Waals surface area contributed by atoms with Crippen molar-refractivity contribution in [3.63, 3.8) is 0 Å². The Balaban J connectivity index is 1.39. The van der Waals surface area contributed by atoms with Gasteiger partial charge in [0.25, 0.3) is 0 Å². The van der Waals surface area contributed by atoms with Crippen molar-refractivity contribution in [2.45, 2.75) is 46.1 Å². The lowest BCUT2D eigenvalue weighted by molar-refractivity contribution is -0.124. The van der Waals surface area contributed by atoms with Gasteiger partial charge in [-0.1, -0.05) is 24.3 Å². The number of carbonyl (C=O) groups is 1. The number of aromatic nitrogens is 1. The minimum absolute atomic E-state index is 0.0155. The molecule has 0 bridgehead atoms. The molecule has 0 fully saturated rings. The Morgan fingerprint density at radius 2 is 1.82 bits per heavy atom. The number of pyridine rings is 1. The topological polar surface area (TPSA) is 123 Å². The van der Waals surface area contributed by atoms with Gasteiger partial charge in [-0.15, -0.1) is 0 Å². The molecule has 1 aliphatic heterocycles. The third kappa shape index (κ3) is 7.23. The van der Waals surface area contributed by atoms with E-state index in [4.69, 9.17) is 18.9 Å². The monoisotopic (exact) mass is 611 g/mol. The molecule has 10 heteroatoms. The average molecular weight is 612 g/mol. The maximum atomic E-state index is 15.5. The van der Waals surface area contributed by atoms with Crippen molar-refractivity contribution in [1.29, 1.82) is 5.26 Å². The van der Waals surface area contributed by atoms with Crippen LogP contribution < -0.4 is 24.3 Å². The summed E-state index contributed by atoms with van der Waals surface area (Å²) in [6.45, 7) is 5.71. The number of ether oxygens (including phenoxy) is 4. The number of carbonyl (C=O) groups excluding carboxylic acids is 1. The quantitative estimate of drug-likeness (QED) is 0.216. The van der Waals surface area contributed by atoms with Crippen LogP contribution in [0, 0.1) is 24.1 Å². The van der Waals surface area contributed by atoms with Crippen LogP contribution in [-0.2, 0) is 24.6 Å². The van der Waals surface area contributed by atoms with Gasteiger partial charge in [0, 0.05) is 36.1 Å². The lowest BCUT2D eigenvalue weighted by Crippen LogP contribution is -2.51. The molecule has 3 aromatic carbocycles. The number of fused-ring (bicyclic) bond motifs is 1. The van der Waals surface area contributed by atoms with E-state index in [-0.39, 0.29) is 31.3 Å². The van der Waals surface area contributed by atoms with E-state index in [1.165, 1.54) is 25.3 Å². The molecule has 0 saturated heterocycles. The number of nitriles is 1. The molecule has 9 nitrogen and oxygen atoms in total. The normalized spacial score (nSPS) is 13.4. The fourth-order valence-corrected chi connectivity index (χ4v) is 4.85.